The molecular weight excluding hydrogens is 518 g/mol. The van der Waals surface area contributed by atoms with Gasteiger partial charge < -0.3 is 39.3 Å². The Labute approximate surface area is 214 Å². The lowest BCUT2D eigenvalue weighted by Crippen LogP contribution is -2.58. The molecule has 1 aliphatic heterocycles. The van der Waals surface area contributed by atoms with Crippen molar-refractivity contribution in [3.8, 4) is 33.8 Å². The first-order valence-corrected chi connectivity index (χ1v) is 11.3. The maximum atomic E-state index is 9.75. The second-order valence-electron chi connectivity index (χ2n) is 8.03. The third-order valence-electron chi connectivity index (χ3n) is 5.42. The van der Waals surface area contributed by atoms with E-state index >= 15 is 0 Å². The van der Waals surface area contributed by atoms with Crippen LogP contribution in [0.25, 0.3) is 33.8 Å². The summed E-state index contributed by atoms with van der Waals surface area (Å²) in [5.41, 5.74) is 7.22. The Morgan fingerprint density at radius 1 is 0.605 bits per heavy atom. The number of methoxy groups -OCH3 is 1. The maximum Gasteiger partial charge on any atom is 0.673 e. The van der Waals surface area contributed by atoms with E-state index in [4.69, 9.17) is 4.74 Å². The molecule has 5 rings (SSSR count). The number of rotatable bonds is 3. The molecule has 0 amide bonds. The fourth-order valence-corrected chi connectivity index (χ4v) is 4.03. The van der Waals surface area contributed by atoms with Crippen LogP contribution in [0.15, 0.2) is 97.2 Å². The molecule has 200 valence electrons. The minimum atomic E-state index is -6.00. The number of aromatic nitrogens is 2. The molecule has 38 heavy (non-hydrogen) atoms. The van der Waals surface area contributed by atoms with E-state index in [0.717, 1.165) is 12.2 Å². The van der Waals surface area contributed by atoms with Crippen molar-refractivity contribution in [3.63, 3.8) is 0 Å². The van der Waals surface area contributed by atoms with Gasteiger partial charge in [0.1, 0.15) is 0 Å². The van der Waals surface area contributed by atoms with Crippen molar-refractivity contribution in [2.45, 2.75) is 12.8 Å². The lowest BCUT2D eigenvalue weighted by atomic mass is 9.99. The normalized spacial score (nSPS) is 14.2. The molecule has 0 bridgehead atoms. The molecule has 13 heteroatoms. The number of hydrogen-bond donors (Lipinski definition) is 0. The SMILES string of the molecule is COC1C[n+]2c(-c3ccccc3)cc(-c3ccccc3)cc2-c2cccc[n+]21.F[B-](F)(F)F.F[B-](F)(F)F. The predicted octanol–water partition coefficient (Wildman–Crippen LogP) is 7.02. The van der Waals surface area contributed by atoms with Crippen molar-refractivity contribution in [1.82, 2.24) is 0 Å². The first-order valence-electron chi connectivity index (χ1n) is 11.3. The number of nitrogens with zero attached hydrogens (tertiary/aromatic N) is 2. The van der Waals surface area contributed by atoms with Gasteiger partial charge in [0.25, 0.3) is 11.4 Å². The van der Waals surface area contributed by atoms with Crippen LogP contribution in [0.4, 0.5) is 34.5 Å². The topological polar surface area (TPSA) is 17.0 Å². The Hall–Kier alpha value is -3.73. The summed E-state index contributed by atoms with van der Waals surface area (Å²) in [6.07, 6.45) is 2.07. The summed E-state index contributed by atoms with van der Waals surface area (Å²) in [4.78, 5) is 0. The van der Waals surface area contributed by atoms with E-state index < -0.39 is 14.5 Å². The van der Waals surface area contributed by atoms with Gasteiger partial charge in [0.05, 0.1) is 0 Å². The highest BCUT2D eigenvalue weighted by atomic mass is 19.5. The number of benzene rings is 2. The van der Waals surface area contributed by atoms with Crippen molar-refractivity contribution < 1.29 is 48.4 Å². The average molecular weight is 540 g/mol. The standard InChI is InChI=1S/C25H22N2O.2BF4/c1-28-25-18-27-23(20-12-6-3-7-13-20)16-21(19-10-4-2-5-11-19)17-24(27)22-14-8-9-15-26(22)25;2*2-1(3,4)5/h2-17,25H,18H2,1H3;;/q+2;2*-1. The maximum absolute atomic E-state index is 9.75. The van der Waals surface area contributed by atoms with E-state index in [9.17, 15) is 34.5 Å². The van der Waals surface area contributed by atoms with E-state index in [1.165, 1.54) is 28.1 Å². The first kappa shape index (κ1) is 28.8. The van der Waals surface area contributed by atoms with Crippen LogP contribution in [0.5, 0.6) is 0 Å². The Morgan fingerprint density at radius 2 is 1.08 bits per heavy atom. The molecule has 0 spiro atoms. The fourth-order valence-electron chi connectivity index (χ4n) is 4.03. The molecule has 3 nitrogen and oxygen atoms in total. The van der Waals surface area contributed by atoms with Crippen LogP contribution in [-0.2, 0) is 11.3 Å². The van der Waals surface area contributed by atoms with Crippen molar-refractivity contribution in [2.75, 3.05) is 7.11 Å². The van der Waals surface area contributed by atoms with E-state index in [1.54, 1.807) is 7.11 Å². The number of fused-ring (bicyclic) bond motifs is 3. The minimum absolute atomic E-state index is 0.0289. The molecule has 2 aromatic carbocycles. The Kier molecular flexibility index (Phi) is 9.26. The van der Waals surface area contributed by atoms with Gasteiger partial charge in [-0.05, 0) is 29.3 Å². The molecule has 0 N–H and O–H groups in total. The summed E-state index contributed by atoms with van der Waals surface area (Å²) in [5.74, 6) is 0. The Bertz CT molecular complexity index is 1300. The lowest BCUT2D eigenvalue weighted by molar-refractivity contribution is -0.837. The predicted molar refractivity (Wildman–Crippen MR) is 130 cm³/mol. The minimum Gasteiger partial charge on any atom is -0.418 e. The van der Waals surface area contributed by atoms with Gasteiger partial charge in [-0.1, -0.05) is 48.5 Å². The molecule has 0 saturated carbocycles. The summed E-state index contributed by atoms with van der Waals surface area (Å²) in [6.45, 7) is 0.771. The van der Waals surface area contributed by atoms with Crippen molar-refractivity contribution in [3.05, 3.63) is 97.2 Å². The Balaban J connectivity index is 0.000000344. The summed E-state index contributed by atoms with van der Waals surface area (Å²) < 4.78 is 88.4. The molecule has 1 atom stereocenters. The number of ether oxygens (including phenoxy) is 1. The zero-order valence-corrected chi connectivity index (χ0v) is 20.0. The summed E-state index contributed by atoms with van der Waals surface area (Å²) in [6, 6.07) is 32.1. The summed E-state index contributed by atoms with van der Waals surface area (Å²) >= 11 is 0. The number of hydrogen-bond acceptors (Lipinski definition) is 1. The van der Waals surface area contributed by atoms with Gasteiger partial charge in [-0.3, -0.25) is 0 Å². The van der Waals surface area contributed by atoms with Gasteiger partial charge in [0.2, 0.25) is 12.2 Å². The molecule has 4 aromatic rings. The molecule has 1 aliphatic rings. The molecule has 3 heterocycles. The summed E-state index contributed by atoms with van der Waals surface area (Å²) in [5, 5.41) is 0. The van der Waals surface area contributed by atoms with Gasteiger partial charge in [-0.2, -0.15) is 9.13 Å². The molecule has 0 fully saturated rings. The zero-order valence-electron chi connectivity index (χ0n) is 20.0. The molecule has 2 aromatic heterocycles. The smallest absolute Gasteiger partial charge is 0.418 e. The quantitative estimate of drug-likeness (QED) is 0.155. The highest BCUT2D eigenvalue weighted by molar-refractivity contribution is 6.50. The van der Waals surface area contributed by atoms with E-state index in [1.807, 2.05) is 0 Å². The van der Waals surface area contributed by atoms with Crippen LogP contribution in [0.2, 0.25) is 0 Å². The molecule has 0 radical (unpaired) electrons. The van der Waals surface area contributed by atoms with E-state index in [-0.39, 0.29) is 6.23 Å². The van der Waals surface area contributed by atoms with Gasteiger partial charge in [0, 0.05) is 36.9 Å². The highest BCUT2D eigenvalue weighted by Crippen LogP contribution is 2.30. The van der Waals surface area contributed by atoms with Crippen LogP contribution < -0.4 is 9.13 Å². The molecule has 0 saturated heterocycles. The molecular formula is C25H22B2F8N2O. The van der Waals surface area contributed by atoms with E-state index in [0.29, 0.717) is 0 Å². The monoisotopic (exact) mass is 540 g/mol. The van der Waals surface area contributed by atoms with Crippen molar-refractivity contribution >= 4 is 14.5 Å². The second kappa shape index (κ2) is 12.2. The van der Waals surface area contributed by atoms with Crippen LogP contribution in [0.3, 0.4) is 0 Å². The van der Waals surface area contributed by atoms with Crippen molar-refractivity contribution in [2.24, 2.45) is 0 Å². The van der Waals surface area contributed by atoms with Crippen LogP contribution in [0.1, 0.15) is 6.23 Å². The first-order chi connectivity index (χ1) is 17.8. The van der Waals surface area contributed by atoms with Gasteiger partial charge in [0.15, 0.2) is 6.20 Å². The zero-order chi connectivity index (χ0) is 27.9. The van der Waals surface area contributed by atoms with Gasteiger partial charge in [-0.25, -0.2) is 0 Å². The number of halogens is 8. The Morgan fingerprint density at radius 3 is 1.61 bits per heavy atom. The van der Waals surface area contributed by atoms with E-state index in [2.05, 4.69) is 106 Å². The van der Waals surface area contributed by atoms with Crippen LogP contribution in [-0.4, -0.2) is 21.6 Å². The largest absolute Gasteiger partial charge is 0.673 e. The lowest BCUT2D eigenvalue weighted by Gasteiger charge is -2.19. The van der Waals surface area contributed by atoms with Crippen molar-refractivity contribution in [1.29, 1.82) is 0 Å². The van der Waals surface area contributed by atoms with Crippen LogP contribution >= 0.6 is 0 Å². The summed E-state index contributed by atoms with van der Waals surface area (Å²) in [7, 11) is -10.2. The third kappa shape index (κ3) is 8.41. The van der Waals surface area contributed by atoms with Gasteiger partial charge >= 0.3 is 20.7 Å². The number of pyridine rings is 2. The average Bonchev–Trinajstić information content (AvgIpc) is 2.86. The molecule has 0 aliphatic carbocycles. The third-order valence-corrected chi connectivity index (χ3v) is 5.42. The fraction of sp³-hybridized carbons (Fsp3) is 0.120. The highest BCUT2D eigenvalue weighted by Gasteiger charge is 2.40. The second-order valence-corrected chi connectivity index (χ2v) is 8.03. The van der Waals surface area contributed by atoms with Gasteiger partial charge in [-0.15, -0.1) is 0 Å². The molecule has 1 unspecified atom stereocenters. The van der Waals surface area contributed by atoms with Crippen LogP contribution in [0, 0.1) is 0 Å².